The number of hydrogen-bond donors (Lipinski definition) is 0. The van der Waals surface area contributed by atoms with Crippen LogP contribution in [0.1, 0.15) is 18.9 Å². The lowest BCUT2D eigenvalue weighted by molar-refractivity contribution is 0.113. The van der Waals surface area contributed by atoms with Gasteiger partial charge in [0.25, 0.3) is 5.19 Å². The molecule has 0 radical (unpaired) electrons. The van der Waals surface area contributed by atoms with Crippen LogP contribution in [0.4, 0.5) is 0 Å². The molecule has 0 amide bonds. The van der Waals surface area contributed by atoms with E-state index in [2.05, 4.69) is 14.3 Å². The number of ether oxygens (including phenoxy) is 2. The molecule has 0 aliphatic heterocycles. The second-order valence-electron chi connectivity index (χ2n) is 4.26. The van der Waals surface area contributed by atoms with Gasteiger partial charge in [-0.1, -0.05) is 6.07 Å². The molecule has 3 aromatic rings. The van der Waals surface area contributed by atoms with E-state index in [1.54, 1.807) is 13.3 Å². The third kappa shape index (κ3) is 2.61. The van der Waals surface area contributed by atoms with Crippen LogP contribution in [-0.4, -0.2) is 21.5 Å². The molecule has 0 aliphatic rings. The Bertz CT molecular complexity index is 729. The van der Waals surface area contributed by atoms with E-state index in [1.165, 1.54) is 11.5 Å². The number of fused-ring (bicyclic) bond motifs is 1. The highest BCUT2D eigenvalue weighted by molar-refractivity contribution is 7.07. The van der Waals surface area contributed by atoms with Gasteiger partial charge in [0.05, 0.1) is 5.52 Å². The molecule has 3 rings (SSSR count). The molecular weight excluding hydrogens is 274 g/mol. The van der Waals surface area contributed by atoms with E-state index in [-0.39, 0.29) is 6.10 Å². The Morgan fingerprint density at radius 2 is 2.15 bits per heavy atom. The lowest BCUT2D eigenvalue weighted by Crippen LogP contribution is -1.97. The fourth-order valence-electron chi connectivity index (χ4n) is 1.75. The molecule has 0 N–H and O–H groups in total. The standard InChI is InChI=1S/C14H13N3O2S/c1-9(18-2)13-16-14(20-17-13)19-11-5-6-12-10(8-11)4-3-7-15-12/h3-9H,1-2H3. The van der Waals surface area contributed by atoms with E-state index >= 15 is 0 Å². The van der Waals surface area contributed by atoms with Gasteiger partial charge in [0.1, 0.15) is 11.9 Å². The van der Waals surface area contributed by atoms with Crippen LogP contribution < -0.4 is 4.74 Å². The molecule has 5 nitrogen and oxygen atoms in total. The zero-order valence-corrected chi connectivity index (χ0v) is 11.9. The topological polar surface area (TPSA) is 57.1 Å². The average molecular weight is 287 g/mol. The first-order valence-electron chi connectivity index (χ1n) is 6.15. The summed E-state index contributed by atoms with van der Waals surface area (Å²) in [4.78, 5) is 8.57. The van der Waals surface area contributed by atoms with E-state index in [0.717, 1.165) is 16.7 Å². The van der Waals surface area contributed by atoms with Gasteiger partial charge in [0.15, 0.2) is 5.82 Å². The number of pyridine rings is 1. The highest BCUT2D eigenvalue weighted by Crippen LogP contribution is 2.27. The van der Waals surface area contributed by atoms with Crippen LogP contribution in [-0.2, 0) is 4.74 Å². The fourth-order valence-corrected chi connectivity index (χ4v) is 2.38. The zero-order valence-electron chi connectivity index (χ0n) is 11.1. The number of nitrogens with zero attached hydrogens (tertiary/aromatic N) is 3. The molecule has 1 unspecified atom stereocenters. The monoisotopic (exact) mass is 287 g/mol. The first-order chi connectivity index (χ1) is 9.76. The van der Waals surface area contributed by atoms with Crippen LogP contribution in [0.2, 0.25) is 0 Å². The maximum Gasteiger partial charge on any atom is 0.298 e. The molecule has 1 aromatic carbocycles. The smallest absolute Gasteiger partial charge is 0.298 e. The highest BCUT2D eigenvalue weighted by atomic mass is 32.1. The second-order valence-corrected chi connectivity index (χ2v) is 4.97. The molecule has 0 aliphatic carbocycles. The van der Waals surface area contributed by atoms with Gasteiger partial charge in [-0.2, -0.15) is 9.36 Å². The maximum absolute atomic E-state index is 5.72. The second kappa shape index (κ2) is 5.52. The highest BCUT2D eigenvalue weighted by Gasteiger charge is 2.12. The van der Waals surface area contributed by atoms with E-state index in [4.69, 9.17) is 9.47 Å². The molecule has 0 spiro atoms. The minimum absolute atomic E-state index is 0.135. The van der Waals surface area contributed by atoms with E-state index in [1.807, 2.05) is 37.3 Å². The molecule has 102 valence electrons. The summed E-state index contributed by atoms with van der Waals surface area (Å²) in [5, 5.41) is 1.53. The summed E-state index contributed by atoms with van der Waals surface area (Å²) in [6, 6.07) is 9.62. The van der Waals surface area contributed by atoms with Crippen molar-refractivity contribution in [1.82, 2.24) is 14.3 Å². The van der Waals surface area contributed by atoms with Gasteiger partial charge in [0.2, 0.25) is 0 Å². The molecule has 0 saturated carbocycles. The largest absolute Gasteiger partial charge is 0.430 e. The Kier molecular flexibility index (Phi) is 3.58. The van der Waals surface area contributed by atoms with Gasteiger partial charge in [-0.05, 0) is 31.2 Å². The zero-order chi connectivity index (χ0) is 13.9. The van der Waals surface area contributed by atoms with Crippen LogP contribution >= 0.6 is 11.5 Å². The normalized spacial score (nSPS) is 12.5. The summed E-state index contributed by atoms with van der Waals surface area (Å²) in [7, 11) is 1.63. The Balaban J connectivity index is 1.83. The third-order valence-electron chi connectivity index (χ3n) is 2.92. The molecule has 1 atom stereocenters. The quantitative estimate of drug-likeness (QED) is 0.734. The van der Waals surface area contributed by atoms with Crippen molar-refractivity contribution in [1.29, 1.82) is 0 Å². The Morgan fingerprint density at radius 3 is 3.00 bits per heavy atom. The average Bonchev–Trinajstić information content (AvgIpc) is 2.95. The van der Waals surface area contributed by atoms with Crippen molar-refractivity contribution in [3.63, 3.8) is 0 Å². The van der Waals surface area contributed by atoms with Crippen molar-refractivity contribution in [2.45, 2.75) is 13.0 Å². The molecule has 2 aromatic heterocycles. The van der Waals surface area contributed by atoms with Gasteiger partial charge in [-0.15, -0.1) is 0 Å². The van der Waals surface area contributed by atoms with Crippen molar-refractivity contribution < 1.29 is 9.47 Å². The van der Waals surface area contributed by atoms with Crippen LogP contribution in [0.5, 0.6) is 10.9 Å². The number of hydrogen-bond acceptors (Lipinski definition) is 6. The van der Waals surface area contributed by atoms with E-state index in [9.17, 15) is 0 Å². The van der Waals surface area contributed by atoms with Gasteiger partial charge < -0.3 is 9.47 Å². The number of methoxy groups -OCH3 is 1. The molecule has 0 fully saturated rings. The minimum atomic E-state index is -0.135. The van der Waals surface area contributed by atoms with Crippen LogP contribution in [0.25, 0.3) is 10.9 Å². The van der Waals surface area contributed by atoms with Gasteiger partial charge in [0, 0.05) is 30.2 Å². The molecule has 2 heterocycles. The van der Waals surface area contributed by atoms with Crippen molar-refractivity contribution in [2.75, 3.05) is 7.11 Å². The lowest BCUT2D eigenvalue weighted by atomic mass is 10.2. The summed E-state index contributed by atoms with van der Waals surface area (Å²) < 4.78 is 15.1. The number of benzene rings is 1. The SMILES string of the molecule is COC(C)c1nsc(Oc2ccc3ncccc3c2)n1. The maximum atomic E-state index is 5.72. The molecule has 6 heteroatoms. The van der Waals surface area contributed by atoms with Crippen molar-refractivity contribution in [3.8, 4) is 10.9 Å². The summed E-state index contributed by atoms with van der Waals surface area (Å²) in [6.45, 7) is 1.90. The molecule has 0 saturated heterocycles. The van der Waals surface area contributed by atoms with Crippen molar-refractivity contribution >= 4 is 22.4 Å². The van der Waals surface area contributed by atoms with Gasteiger partial charge >= 0.3 is 0 Å². The minimum Gasteiger partial charge on any atom is -0.430 e. The fraction of sp³-hybridized carbons (Fsp3) is 0.214. The number of rotatable bonds is 4. The Labute approximate surface area is 120 Å². The van der Waals surface area contributed by atoms with Crippen LogP contribution in [0.15, 0.2) is 36.5 Å². The summed E-state index contributed by atoms with van der Waals surface area (Å²) in [5.74, 6) is 1.35. The lowest BCUT2D eigenvalue weighted by Gasteiger charge is -2.04. The Morgan fingerprint density at radius 1 is 1.25 bits per heavy atom. The van der Waals surface area contributed by atoms with E-state index in [0.29, 0.717) is 11.0 Å². The number of aromatic nitrogens is 3. The predicted octanol–water partition coefficient (Wildman–Crippen LogP) is 3.59. The third-order valence-corrected chi connectivity index (χ3v) is 3.53. The summed E-state index contributed by atoms with van der Waals surface area (Å²) in [6.07, 6.45) is 1.64. The first-order valence-corrected chi connectivity index (χ1v) is 6.92. The molecule has 0 bridgehead atoms. The van der Waals surface area contributed by atoms with Gasteiger partial charge in [-0.3, -0.25) is 4.98 Å². The van der Waals surface area contributed by atoms with Crippen LogP contribution in [0, 0.1) is 0 Å². The van der Waals surface area contributed by atoms with Gasteiger partial charge in [-0.25, -0.2) is 0 Å². The first kappa shape index (κ1) is 13.0. The van der Waals surface area contributed by atoms with Crippen molar-refractivity contribution in [3.05, 3.63) is 42.4 Å². The van der Waals surface area contributed by atoms with E-state index < -0.39 is 0 Å². The summed E-state index contributed by atoms with van der Waals surface area (Å²) in [5.41, 5.74) is 0.936. The van der Waals surface area contributed by atoms with Crippen LogP contribution in [0.3, 0.4) is 0 Å². The molecule has 20 heavy (non-hydrogen) atoms. The Hall–Kier alpha value is -2.05. The van der Waals surface area contributed by atoms with Crippen molar-refractivity contribution in [2.24, 2.45) is 0 Å². The molecular formula is C14H13N3O2S. The predicted molar refractivity (Wildman–Crippen MR) is 77.2 cm³/mol. The summed E-state index contributed by atoms with van der Waals surface area (Å²) >= 11 is 1.21.